The SMILES string of the molecule is C#CCN(CC1CC1)S(=O)(=O)CCCCNC1CC1. The number of nitrogens with one attached hydrogen (secondary N) is 1. The van der Waals surface area contributed by atoms with Crippen molar-refractivity contribution in [2.24, 2.45) is 5.92 Å². The Kier molecular flexibility index (Phi) is 5.26. The van der Waals surface area contributed by atoms with Gasteiger partial charge in [0.05, 0.1) is 12.3 Å². The summed E-state index contributed by atoms with van der Waals surface area (Å²) in [5.74, 6) is 3.24. The summed E-state index contributed by atoms with van der Waals surface area (Å²) in [5.41, 5.74) is 0. The third-order valence-corrected chi connectivity index (χ3v) is 5.53. The average Bonchev–Trinajstić information content (AvgIpc) is 3.23. The van der Waals surface area contributed by atoms with E-state index in [9.17, 15) is 8.42 Å². The largest absolute Gasteiger partial charge is 0.314 e. The van der Waals surface area contributed by atoms with E-state index < -0.39 is 10.0 Å². The molecule has 0 atom stereocenters. The van der Waals surface area contributed by atoms with Gasteiger partial charge in [0.15, 0.2) is 0 Å². The molecule has 0 unspecified atom stereocenters. The van der Waals surface area contributed by atoms with E-state index in [2.05, 4.69) is 11.2 Å². The molecule has 0 aromatic rings. The van der Waals surface area contributed by atoms with Crippen molar-refractivity contribution in [2.75, 3.05) is 25.4 Å². The molecule has 19 heavy (non-hydrogen) atoms. The smallest absolute Gasteiger partial charge is 0.214 e. The Morgan fingerprint density at radius 1 is 1.21 bits per heavy atom. The van der Waals surface area contributed by atoms with Crippen molar-refractivity contribution in [1.29, 1.82) is 0 Å². The Morgan fingerprint density at radius 3 is 2.53 bits per heavy atom. The van der Waals surface area contributed by atoms with E-state index in [1.807, 2.05) is 0 Å². The van der Waals surface area contributed by atoms with E-state index >= 15 is 0 Å². The molecule has 2 fully saturated rings. The van der Waals surface area contributed by atoms with Crippen molar-refractivity contribution in [1.82, 2.24) is 9.62 Å². The lowest BCUT2D eigenvalue weighted by Gasteiger charge is -2.19. The molecule has 0 aromatic carbocycles. The predicted octanol–water partition coefficient (Wildman–Crippen LogP) is 1.19. The van der Waals surface area contributed by atoms with Gasteiger partial charge in [0.2, 0.25) is 10.0 Å². The van der Waals surface area contributed by atoms with Crippen LogP contribution in [0.2, 0.25) is 0 Å². The summed E-state index contributed by atoms with van der Waals surface area (Å²) in [5, 5.41) is 3.40. The van der Waals surface area contributed by atoms with Crippen LogP contribution in [-0.2, 0) is 10.0 Å². The first-order valence-corrected chi connectivity index (χ1v) is 8.87. The van der Waals surface area contributed by atoms with Gasteiger partial charge in [-0.05, 0) is 51.0 Å². The molecule has 2 aliphatic rings. The van der Waals surface area contributed by atoms with Crippen molar-refractivity contribution in [3.05, 3.63) is 0 Å². The van der Waals surface area contributed by atoms with Crippen LogP contribution in [-0.4, -0.2) is 44.2 Å². The Morgan fingerprint density at radius 2 is 1.95 bits per heavy atom. The van der Waals surface area contributed by atoms with Gasteiger partial charge in [-0.15, -0.1) is 6.42 Å². The van der Waals surface area contributed by atoms with Gasteiger partial charge in [-0.2, -0.15) is 4.31 Å². The molecule has 0 bridgehead atoms. The van der Waals surface area contributed by atoms with Crippen molar-refractivity contribution in [3.63, 3.8) is 0 Å². The highest BCUT2D eigenvalue weighted by atomic mass is 32.2. The number of hydrogen-bond acceptors (Lipinski definition) is 3. The van der Waals surface area contributed by atoms with E-state index in [1.165, 1.54) is 17.1 Å². The maximum Gasteiger partial charge on any atom is 0.214 e. The van der Waals surface area contributed by atoms with Crippen LogP contribution in [0, 0.1) is 18.3 Å². The van der Waals surface area contributed by atoms with Crippen molar-refractivity contribution in [2.45, 2.75) is 44.6 Å². The first kappa shape index (κ1) is 14.8. The van der Waals surface area contributed by atoms with Crippen LogP contribution in [0.1, 0.15) is 38.5 Å². The molecule has 2 aliphatic carbocycles. The lowest BCUT2D eigenvalue weighted by atomic mass is 10.3. The third kappa shape index (κ3) is 5.52. The molecular formula is C14H24N2O2S. The fourth-order valence-corrected chi connectivity index (χ4v) is 3.64. The van der Waals surface area contributed by atoms with E-state index in [0.717, 1.165) is 25.8 Å². The van der Waals surface area contributed by atoms with Gasteiger partial charge in [0.25, 0.3) is 0 Å². The molecule has 2 saturated carbocycles. The van der Waals surface area contributed by atoms with Crippen LogP contribution in [0.25, 0.3) is 0 Å². The number of nitrogens with zero attached hydrogens (tertiary/aromatic N) is 1. The maximum absolute atomic E-state index is 12.2. The quantitative estimate of drug-likeness (QED) is 0.484. The molecule has 0 spiro atoms. The standard InChI is InChI=1S/C14H24N2O2S/c1-2-10-16(12-13-5-6-13)19(17,18)11-4-3-9-15-14-7-8-14/h1,13-15H,3-12H2. The number of terminal acetylenes is 1. The Balaban J connectivity index is 1.68. The summed E-state index contributed by atoms with van der Waals surface area (Å²) in [6.45, 7) is 1.77. The minimum Gasteiger partial charge on any atom is -0.314 e. The highest BCUT2D eigenvalue weighted by molar-refractivity contribution is 7.89. The topological polar surface area (TPSA) is 49.4 Å². The van der Waals surface area contributed by atoms with Gasteiger partial charge < -0.3 is 5.32 Å². The number of rotatable bonds is 10. The fraction of sp³-hybridized carbons (Fsp3) is 0.857. The monoisotopic (exact) mass is 284 g/mol. The molecule has 0 aliphatic heterocycles. The van der Waals surface area contributed by atoms with Gasteiger partial charge >= 0.3 is 0 Å². The molecule has 0 heterocycles. The fourth-order valence-electron chi connectivity index (χ4n) is 2.10. The lowest BCUT2D eigenvalue weighted by Crippen LogP contribution is -2.35. The van der Waals surface area contributed by atoms with Crippen LogP contribution < -0.4 is 5.32 Å². The van der Waals surface area contributed by atoms with Crippen molar-refractivity contribution >= 4 is 10.0 Å². The summed E-state index contributed by atoms with van der Waals surface area (Å²) >= 11 is 0. The van der Waals surface area contributed by atoms with E-state index in [0.29, 0.717) is 24.9 Å². The molecule has 0 amide bonds. The van der Waals surface area contributed by atoms with E-state index in [-0.39, 0.29) is 12.3 Å². The molecule has 0 saturated heterocycles. The first-order chi connectivity index (χ1) is 9.12. The normalized spacial score (nSPS) is 19.6. The van der Waals surface area contributed by atoms with Crippen LogP contribution >= 0.6 is 0 Å². The van der Waals surface area contributed by atoms with Gasteiger partial charge in [-0.3, -0.25) is 0 Å². The first-order valence-electron chi connectivity index (χ1n) is 7.26. The highest BCUT2D eigenvalue weighted by Gasteiger charge is 2.29. The molecular weight excluding hydrogens is 260 g/mol. The minimum absolute atomic E-state index is 0.221. The number of sulfonamides is 1. The molecule has 108 valence electrons. The average molecular weight is 284 g/mol. The molecule has 0 aromatic heterocycles. The predicted molar refractivity (Wildman–Crippen MR) is 77.2 cm³/mol. The second-order valence-electron chi connectivity index (χ2n) is 5.69. The highest BCUT2D eigenvalue weighted by Crippen LogP contribution is 2.30. The summed E-state index contributed by atoms with van der Waals surface area (Å²) in [6, 6.07) is 0.699. The van der Waals surface area contributed by atoms with Gasteiger partial charge in [-0.25, -0.2) is 8.42 Å². The van der Waals surface area contributed by atoms with Gasteiger partial charge in [0.1, 0.15) is 0 Å². The number of unbranched alkanes of at least 4 members (excludes halogenated alkanes) is 1. The van der Waals surface area contributed by atoms with Gasteiger partial charge in [0, 0.05) is 12.6 Å². The van der Waals surface area contributed by atoms with Crippen LogP contribution in [0.3, 0.4) is 0 Å². The van der Waals surface area contributed by atoms with E-state index in [4.69, 9.17) is 6.42 Å². The summed E-state index contributed by atoms with van der Waals surface area (Å²) in [6.07, 6.45) is 11.7. The van der Waals surface area contributed by atoms with E-state index in [1.54, 1.807) is 0 Å². The van der Waals surface area contributed by atoms with Crippen molar-refractivity contribution < 1.29 is 8.42 Å². The second-order valence-corrected chi connectivity index (χ2v) is 7.78. The minimum atomic E-state index is -3.16. The van der Waals surface area contributed by atoms with Crippen LogP contribution in [0.5, 0.6) is 0 Å². The lowest BCUT2D eigenvalue weighted by molar-refractivity contribution is 0.428. The molecule has 5 heteroatoms. The maximum atomic E-state index is 12.2. The Hall–Kier alpha value is -0.570. The Labute approximate surface area is 117 Å². The second kappa shape index (κ2) is 6.74. The molecule has 1 N–H and O–H groups in total. The zero-order valence-electron chi connectivity index (χ0n) is 11.5. The number of hydrogen-bond donors (Lipinski definition) is 1. The summed E-state index contributed by atoms with van der Waals surface area (Å²) in [7, 11) is -3.16. The molecule has 2 rings (SSSR count). The zero-order valence-corrected chi connectivity index (χ0v) is 12.3. The molecule has 4 nitrogen and oxygen atoms in total. The van der Waals surface area contributed by atoms with Crippen molar-refractivity contribution in [3.8, 4) is 12.3 Å². The van der Waals surface area contributed by atoms with Gasteiger partial charge in [-0.1, -0.05) is 5.92 Å². The summed E-state index contributed by atoms with van der Waals surface area (Å²) < 4.78 is 25.9. The zero-order chi connectivity index (χ0) is 13.7. The van der Waals surface area contributed by atoms with Crippen LogP contribution in [0.15, 0.2) is 0 Å². The Bertz CT molecular complexity index is 419. The van der Waals surface area contributed by atoms with Crippen LogP contribution in [0.4, 0.5) is 0 Å². The molecule has 0 radical (unpaired) electrons. The third-order valence-electron chi connectivity index (χ3n) is 3.66. The summed E-state index contributed by atoms with van der Waals surface area (Å²) in [4.78, 5) is 0.